The minimum Gasteiger partial charge on any atom is -0.394 e. The molecule has 5 atom stereocenters. The second kappa shape index (κ2) is 6.33. The van der Waals surface area contributed by atoms with Crippen LogP contribution in [0.3, 0.4) is 0 Å². The molecule has 0 spiro atoms. The highest BCUT2D eigenvalue weighted by Gasteiger charge is 2.33. The molecule has 106 valence electrons. The first-order valence-electron chi connectivity index (χ1n) is 7.30. The molecule has 0 amide bonds. The van der Waals surface area contributed by atoms with E-state index < -0.39 is 0 Å². The third-order valence-corrected chi connectivity index (χ3v) is 4.63. The third-order valence-electron chi connectivity index (χ3n) is 4.63. The number of rotatable bonds is 3. The molecule has 1 aliphatic heterocycles. The van der Waals surface area contributed by atoms with E-state index in [2.05, 4.69) is 18.7 Å². The number of nitrogens with zero attached hydrogens (tertiary/aromatic N) is 1. The van der Waals surface area contributed by atoms with E-state index in [0.717, 1.165) is 38.6 Å². The molecule has 0 aromatic carbocycles. The van der Waals surface area contributed by atoms with Crippen molar-refractivity contribution in [3.8, 4) is 0 Å². The van der Waals surface area contributed by atoms with Gasteiger partial charge in [0.15, 0.2) is 0 Å². The van der Waals surface area contributed by atoms with Crippen molar-refractivity contribution < 1.29 is 9.84 Å². The van der Waals surface area contributed by atoms with Crippen molar-refractivity contribution in [3.05, 3.63) is 0 Å². The highest BCUT2D eigenvalue weighted by atomic mass is 16.5. The van der Waals surface area contributed by atoms with Crippen LogP contribution in [0.25, 0.3) is 0 Å². The molecule has 0 aromatic heterocycles. The summed E-state index contributed by atoms with van der Waals surface area (Å²) < 4.78 is 5.49. The minimum atomic E-state index is -0.00667. The summed E-state index contributed by atoms with van der Waals surface area (Å²) in [4.78, 5) is 2.42. The number of aliphatic hydroxyl groups is 1. The van der Waals surface area contributed by atoms with Gasteiger partial charge >= 0.3 is 0 Å². The molecule has 2 aliphatic rings. The molecule has 2 rings (SSSR count). The van der Waals surface area contributed by atoms with Gasteiger partial charge in [-0.15, -0.1) is 0 Å². The van der Waals surface area contributed by atoms with Gasteiger partial charge in [0.25, 0.3) is 0 Å². The van der Waals surface area contributed by atoms with Crippen LogP contribution in [-0.4, -0.2) is 55.0 Å². The van der Waals surface area contributed by atoms with E-state index in [1.54, 1.807) is 0 Å². The molecule has 2 fully saturated rings. The maximum Gasteiger partial charge on any atom is 0.0932 e. The fourth-order valence-electron chi connectivity index (χ4n) is 3.64. The monoisotopic (exact) mass is 256 g/mol. The van der Waals surface area contributed by atoms with Crippen molar-refractivity contribution in [2.75, 3.05) is 32.8 Å². The van der Waals surface area contributed by atoms with Crippen LogP contribution >= 0.6 is 0 Å². The van der Waals surface area contributed by atoms with Gasteiger partial charge in [0.1, 0.15) is 0 Å². The van der Waals surface area contributed by atoms with Crippen LogP contribution in [0.15, 0.2) is 0 Å². The highest BCUT2D eigenvalue weighted by molar-refractivity contribution is 4.88. The topological polar surface area (TPSA) is 58.7 Å². The number of nitrogens with two attached hydrogens (primary N) is 1. The molecule has 4 nitrogen and oxygen atoms in total. The predicted octanol–water partition coefficient (Wildman–Crippen LogP) is 0.689. The Kier molecular flexibility index (Phi) is 5.01. The summed E-state index contributed by atoms with van der Waals surface area (Å²) in [6.07, 6.45) is 2.45. The van der Waals surface area contributed by atoms with Gasteiger partial charge in [-0.05, 0) is 30.6 Å². The molecule has 4 heteroatoms. The predicted molar refractivity (Wildman–Crippen MR) is 72.3 cm³/mol. The lowest BCUT2D eigenvalue weighted by atomic mass is 9.72. The normalized spacial score (nSPS) is 43.0. The molecular weight excluding hydrogens is 228 g/mol. The highest BCUT2D eigenvalue weighted by Crippen LogP contribution is 2.33. The third kappa shape index (κ3) is 3.44. The van der Waals surface area contributed by atoms with Crippen molar-refractivity contribution in [3.63, 3.8) is 0 Å². The standard InChI is InChI=1S/C14H28N2O2/c1-10-5-11(2)13(14(15)6-10)8-16-3-4-18-12(7-16)9-17/h10-14,17H,3-9,15H2,1-2H3. The van der Waals surface area contributed by atoms with Crippen LogP contribution in [0.5, 0.6) is 0 Å². The Bertz CT molecular complexity index is 250. The van der Waals surface area contributed by atoms with Crippen molar-refractivity contribution in [1.29, 1.82) is 0 Å². The van der Waals surface area contributed by atoms with Gasteiger partial charge in [0.05, 0.1) is 19.3 Å². The smallest absolute Gasteiger partial charge is 0.0932 e. The number of hydrogen-bond donors (Lipinski definition) is 2. The average molecular weight is 256 g/mol. The number of morpholine rings is 1. The SMILES string of the molecule is CC1CC(C)C(CN2CCOC(CO)C2)C(N)C1. The molecule has 5 unspecified atom stereocenters. The summed E-state index contributed by atoms with van der Waals surface area (Å²) in [5, 5.41) is 9.18. The molecule has 1 saturated heterocycles. The van der Waals surface area contributed by atoms with E-state index in [1.807, 2.05) is 0 Å². The molecule has 1 heterocycles. The van der Waals surface area contributed by atoms with Crippen molar-refractivity contribution in [2.45, 2.75) is 38.8 Å². The Hall–Kier alpha value is -0.160. The zero-order chi connectivity index (χ0) is 13.1. The van der Waals surface area contributed by atoms with Gasteiger partial charge in [-0.1, -0.05) is 13.8 Å². The van der Waals surface area contributed by atoms with Crippen molar-refractivity contribution in [2.24, 2.45) is 23.5 Å². The first-order chi connectivity index (χ1) is 8.60. The summed E-state index contributed by atoms with van der Waals surface area (Å²) in [5.41, 5.74) is 6.34. The number of ether oxygens (including phenoxy) is 1. The molecule has 0 aromatic rings. The van der Waals surface area contributed by atoms with Crippen LogP contribution in [0.2, 0.25) is 0 Å². The lowest BCUT2D eigenvalue weighted by Crippen LogP contribution is -2.51. The summed E-state index contributed by atoms with van der Waals surface area (Å²) in [6, 6.07) is 0.333. The van der Waals surface area contributed by atoms with E-state index in [4.69, 9.17) is 10.5 Å². The van der Waals surface area contributed by atoms with Gasteiger partial charge in [-0.2, -0.15) is 0 Å². The summed E-state index contributed by atoms with van der Waals surface area (Å²) in [5.74, 6) is 2.07. The van der Waals surface area contributed by atoms with Crippen LogP contribution in [0.1, 0.15) is 26.7 Å². The molecule has 0 bridgehead atoms. The summed E-state index contributed by atoms with van der Waals surface area (Å²) in [7, 11) is 0. The Morgan fingerprint density at radius 1 is 1.33 bits per heavy atom. The molecule has 3 N–H and O–H groups in total. The second-order valence-corrected chi connectivity index (χ2v) is 6.32. The molecular formula is C14H28N2O2. The molecule has 1 saturated carbocycles. The van der Waals surface area contributed by atoms with E-state index in [-0.39, 0.29) is 12.7 Å². The second-order valence-electron chi connectivity index (χ2n) is 6.32. The maximum atomic E-state index is 9.18. The van der Waals surface area contributed by atoms with E-state index in [0.29, 0.717) is 17.9 Å². The largest absolute Gasteiger partial charge is 0.394 e. The van der Waals surface area contributed by atoms with Gasteiger partial charge < -0.3 is 15.6 Å². The Morgan fingerprint density at radius 3 is 2.78 bits per heavy atom. The average Bonchev–Trinajstić information content (AvgIpc) is 2.34. The van der Waals surface area contributed by atoms with E-state index in [9.17, 15) is 5.11 Å². The first kappa shape index (κ1) is 14.3. The van der Waals surface area contributed by atoms with Crippen LogP contribution in [-0.2, 0) is 4.74 Å². The van der Waals surface area contributed by atoms with E-state index in [1.165, 1.54) is 6.42 Å². The Balaban J connectivity index is 1.87. The first-order valence-corrected chi connectivity index (χ1v) is 7.30. The van der Waals surface area contributed by atoms with Crippen LogP contribution in [0.4, 0.5) is 0 Å². The zero-order valence-corrected chi connectivity index (χ0v) is 11.7. The number of aliphatic hydroxyl groups excluding tert-OH is 1. The van der Waals surface area contributed by atoms with Crippen LogP contribution < -0.4 is 5.73 Å². The fraction of sp³-hybridized carbons (Fsp3) is 1.00. The van der Waals surface area contributed by atoms with Gasteiger partial charge in [-0.25, -0.2) is 0 Å². The lowest BCUT2D eigenvalue weighted by Gasteiger charge is -2.42. The Labute approximate surface area is 110 Å². The van der Waals surface area contributed by atoms with E-state index >= 15 is 0 Å². The fourth-order valence-corrected chi connectivity index (χ4v) is 3.64. The van der Waals surface area contributed by atoms with Gasteiger partial charge in [0.2, 0.25) is 0 Å². The zero-order valence-electron chi connectivity index (χ0n) is 11.7. The minimum absolute atomic E-state index is 0.00667. The summed E-state index contributed by atoms with van der Waals surface area (Å²) in [6.45, 7) is 8.39. The van der Waals surface area contributed by atoms with Crippen molar-refractivity contribution in [1.82, 2.24) is 4.90 Å². The van der Waals surface area contributed by atoms with Gasteiger partial charge in [-0.3, -0.25) is 4.90 Å². The lowest BCUT2D eigenvalue weighted by molar-refractivity contribution is -0.0608. The molecule has 0 radical (unpaired) electrons. The quantitative estimate of drug-likeness (QED) is 0.780. The Morgan fingerprint density at radius 2 is 2.11 bits per heavy atom. The maximum absolute atomic E-state index is 9.18. The molecule has 1 aliphatic carbocycles. The van der Waals surface area contributed by atoms with Crippen molar-refractivity contribution >= 4 is 0 Å². The molecule has 18 heavy (non-hydrogen) atoms. The van der Waals surface area contributed by atoms with Gasteiger partial charge in [0, 0.05) is 25.7 Å². The van der Waals surface area contributed by atoms with Crippen LogP contribution in [0, 0.1) is 17.8 Å². The number of hydrogen-bond acceptors (Lipinski definition) is 4. The summed E-state index contributed by atoms with van der Waals surface area (Å²) >= 11 is 0.